The molecule has 1 heteroatoms. The maximum Gasteiger partial charge on any atom is 0.0726 e. The number of rotatable bonds is 5. The summed E-state index contributed by atoms with van der Waals surface area (Å²) in [5.74, 6) is 0. The van der Waals surface area contributed by atoms with Crippen LogP contribution in [0.4, 0.5) is 17.1 Å². The van der Waals surface area contributed by atoms with Crippen molar-refractivity contribution in [3.05, 3.63) is 270 Å². The molecule has 0 unspecified atom stereocenters. The van der Waals surface area contributed by atoms with Gasteiger partial charge in [-0.2, -0.15) is 0 Å². The second-order valence-corrected chi connectivity index (χ2v) is 19.1. The number of nitrogens with zero attached hydrogens (tertiary/aromatic N) is 1. The Hall–Kier alpha value is -8.26. The van der Waals surface area contributed by atoms with Gasteiger partial charge in [0.15, 0.2) is 0 Å². The maximum absolute atomic E-state index is 2.50. The quantitative estimate of drug-likeness (QED) is 0.167. The minimum atomic E-state index is -0.441. The lowest BCUT2D eigenvalue weighted by Gasteiger charge is -2.32. The van der Waals surface area contributed by atoms with Crippen LogP contribution >= 0.6 is 0 Å². The second kappa shape index (κ2) is 14.1. The molecule has 3 aliphatic rings. The summed E-state index contributed by atoms with van der Waals surface area (Å²) in [6.45, 7) is 4.78. The summed E-state index contributed by atoms with van der Waals surface area (Å²) in [6.07, 6.45) is 0. The molecule has 0 heterocycles. The summed E-state index contributed by atoms with van der Waals surface area (Å²) in [5.41, 5.74) is 23.8. The molecule has 0 saturated heterocycles. The highest BCUT2D eigenvalue weighted by molar-refractivity contribution is 6.05. The Morgan fingerprint density at radius 2 is 0.746 bits per heavy atom. The van der Waals surface area contributed by atoms with E-state index in [9.17, 15) is 0 Å². The van der Waals surface area contributed by atoms with Gasteiger partial charge in [-0.15, -0.1) is 0 Å². The van der Waals surface area contributed by atoms with Gasteiger partial charge in [-0.3, -0.25) is 0 Å². The molecule has 0 fully saturated rings. The smallest absolute Gasteiger partial charge is 0.0726 e. The van der Waals surface area contributed by atoms with E-state index in [0.29, 0.717) is 0 Å². The molecule has 14 rings (SSSR count). The Kier molecular flexibility index (Phi) is 8.02. The van der Waals surface area contributed by atoms with Gasteiger partial charge in [0.1, 0.15) is 0 Å². The Morgan fingerprint density at radius 3 is 1.37 bits per heavy atom. The molecule has 67 heavy (non-hydrogen) atoms. The molecule has 11 aromatic carbocycles. The second-order valence-electron chi connectivity index (χ2n) is 19.1. The minimum Gasteiger partial charge on any atom is -0.310 e. The van der Waals surface area contributed by atoms with E-state index in [2.05, 4.69) is 255 Å². The number of benzene rings is 11. The van der Waals surface area contributed by atoms with Gasteiger partial charge < -0.3 is 4.90 Å². The van der Waals surface area contributed by atoms with Crippen molar-refractivity contribution in [3.63, 3.8) is 0 Å². The van der Waals surface area contributed by atoms with Gasteiger partial charge in [-0.1, -0.05) is 208 Å². The lowest BCUT2D eigenvalue weighted by Crippen LogP contribution is -2.26. The topological polar surface area (TPSA) is 3.24 Å². The van der Waals surface area contributed by atoms with Crippen molar-refractivity contribution in [3.8, 4) is 55.6 Å². The summed E-state index contributed by atoms with van der Waals surface area (Å²) in [6, 6.07) is 88.7. The molecule has 3 aliphatic carbocycles. The Labute approximate surface area is 391 Å². The summed E-state index contributed by atoms with van der Waals surface area (Å²) in [4.78, 5) is 2.46. The standard InChI is InChI=1S/C66H45N/c1-65(2)58-26-11-10-24-56(58)63-57(40-45-17-4-6-20-51(45)64(63)65)44-32-36-47(37-33-44)67(46-34-30-43(31-35-46)50-25-15-18-42-16-3-5-19-49(42)50)48-38-39-55-54-23-9-14-29-61(54)66(62(55)41-48)59-27-12-7-21-52(59)53-22-8-13-28-60(53)66/h3-41H,1-2H3. The number of fused-ring (bicyclic) bond motifs is 16. The molecule has 11 aromatic rings. The van der Waals surface area contributed by atoms with Gasteiger partial charge in [0.2, 0.25) is 0 Å². The minimum absolute atomic E-state index is 0.124. The SMILES string of the molecule is CC1(C)c2ccccc2-c2c(-c3ccc(N(c4ccc(-c5cccc6ccccc56)cc4)c4ccc5c(c4)C4(c6ccccc6-c6ccccc64)c4ccccc4-5)cc3)cc3ccccc3c21. The number of anilines is 3. The van der Waals surface area contributed by atoms with Gasteiger partial charge in [-0.25, -0.2) is 0 Å². The summed E-state index contributed by atoms with van der Waals surface area (Å²) in [5, 5.41) is 5.12. The third kappa shape index (κ3) is 5.26. The van der Waals surface area contributed by atoms with E-state index in [1.165, 1.54) is 111 Å². The van der Waals surface area contributed by atoms with Gasteiger partial charge in [0.25, 0.3) is 0 Å². The van der Waals surface area contributed by atoms with Crippen molar-refractivity contribution < 1.29 is 0 Å². The average Bonchev–Trinajstić information content (AvgIpc) is 3.95. The van der Waals surface area contributed by atoms with E-state index in [0.717, 1.165) is 17.1 Å². The van der Waals surface area contributed by atoms with E-state index < -0.39 is 5.41 Å². The molecule has 0 aromatic heterocycles. The van der Waals surface area contributed by atoms with Gasteiger partial charge in [0.05, 0.1) is 5.41 Å². The number of hydrogen-bond donors (Lipinski definition) is 0. The van der Waals surface area contributed by atoms with E-state index >= 15 is 0 Å². The van der Waals surface area contributed by atoms with E-state index in [4.69, 9.17) is 0 Å². The fraction of sp³-hybridized carbons (Fsp3) is 0.0606. The van der Waals surface area contributed by atoms with Gasteiger partial charge in [-0.05, 0) is 153 Å². The zero-order valence-electron chi connectivity index (χ0n) is 37.5. The highest BCUT2D eigenvalue weighted by Crippen LogP contribution is 2.63. The lowest BCUT2D eigenvalue weighted by molar-refractivity contribution is 0.666. The first-order valence-corrected chi connectivity index (χ1v) is 23.6. The average molecular weight is 852 g/mol. The van der Waals surface area contributed by atoms with Crippen LogP contribution in [0.5, 0.6) is 0 Å². The first kappa shape index (κ1) is 38.1. The van der Waals surface area contributed by atoms with Gasteiger partial charge in [0, 0.05) is 22.5 Å². The van der Waals surface area contributed by atoms with Crippen molar-refractivity contribution in [2.75, 3.05) is 4.90 Å². The van der Waals surface area contributed by atoms with Crippen molar-refractivity contribution in [2.24, 2.45) is 0 Å². The van der Waals surface area contributed by atoms with Crippen molar-refractivity contribution in [1.82, 2.24) is 0 Å². The van der Waals surface area contributed by atoms with Crippen molar-refractivity contribution in [1.29, 1.82) is 0 Å². The number of hydrogen-bond acceptors (Lipinski definition) is 1. The molecule has 0 radical (unpaired) electrons. The summed E-state index contributed by atoms with van der Waals surface area (Å²) in [7, 11) is 0. The Balaban J connectivity index is 0.968. The van der Waals surface area contributed by atoms with Crippen LogP contribution in [-0.2, 0) is 10.8 Å². The third-order valence-electron chi connectivity index (χ3n) is 15.4. The normalized spacial score (nSPS) is 14.1. The predicted molar refractivity (Wildman–Crippen MR) is 281 cm³/mol. The summed E-state index contributed by atoms with van der Waals surface area (Å²) >= 11 is 0. The molecule has 0 bridgehead atoms. The van der Waals surface area contributed by atoms with Crippen LogP contribution in [0.3, 0.4) is 0 Å². The molecule has 314 valence electrons. The first-order valence-electron chi connectivity index (χ1n) is 23.6. The van der Waals surface area contributed by atoms with E-state index in [1.54, 1.807) is 0 Å². The Morgan fingerprint density at radius 1 is 0.299 bits per heavy atom. The van der Waals surface area contributed by atoms with Crippen LogP contribution in [0.1, 0.15) is 47.2 Å². The molecular formula is C66H45N. The Bertz CT molecular complexity index is 3760. The van der Waals surface area contributed by atoms with Crippen LogP contribution in [0.15, 0.2) is 237 Å². The zero-order valence-corrected chi connectivity index (χ0v) is 37.5. The molecule has 1 nitrogen and oxygen atoms in total. The fourth-order valence-corrected chi connectivity index (χ4v) is 12.6. The van der Waals surface area contributed by atoms with Crippen molar-refractivity contribution >= 4 is 38.6 Å². The lowest BCUT2D eigenvalue weighted by atomic mass is 9.70. The molecular weight excluding hydrogens is 807 g/mol. The zero-order chi connectivity index (χ0) is 44.4. The molecule has 0 N–H and O–H groups in total. The largest absolute Gasteiger partial charge is 0.310 e. The van der Waals surface area contributed by atoms with Gasteiger partial charge >= 0.3 is 0 Å². The van der Waals surface area contributed by atoms with Crippen LogP contribution in [-0.4, -0.2) is 0 Å². The van der Waals surface area contributed by atoms with E-state index in [1.807, 2.05) is 0 Å². The highest BCUT2D eigenvalue weighted by atomic mass is 15.1. The monoisotopic (exact) mass is 851 g/mol. The maximum atomic E-state index is 2.50. The molecule has 0 aliphatic heterocycles. The highest BCUT2D eigenvalue weighted by Gasteiger charge is 2.51. The molecule has 0 atom stereocenters. The van der Waals surface area contributed by atoms with Crippen LogP contribution in [0, 0.1) is 0 Å². The molecule has 1 spiro atoms. The fourth-order valence-electron chi connectivity index (χ4n) is 12.6. The molecule has 0 amide bonds. The van der Waals surface area contributed by atoms with Crippen molar-refractivity contribution in [2.45, 2.75) is 24.7 Å². The first-order chi connectivity index (χ1) is 33.0. The van der Waals surface area contributed by atoms with E-state index in [-0.39, 0.29) is 5.41 Å². The van der Waals surface area contributed by atoms with Crippen LogP contribution < -0.4 is 4.90 Å². The third-order valence-corrected chi connectivity index (χ3v) is 15.4. The van der Waals surface area contributed by atoms with Crippen LogP contribution in [0.25, 0.3) is 77.2 Å². The summed E-state index contributed by atoms with van der Waals surface area (Å²) < 4.78 is 0. The predicted octanol–water partition coefficient (Wildman–Crippen LogP) is 17.4. The van der Waals surface area contributed by atoms with Crippen LogP contribution in [0.2, 0.25) is 0 Å². The molecule has 0 saturated carbocycles.